The summed E-state index contributed by atoms with van der Waals surface area (Å²) in [4.78, 5) is 27.2. The van der Waals surface area contributed by atoms with E-state index < -0.39 is 36.6 Å². The number of aliphatic hydroxyl groups is 3. The Labute approximate surface area is 393 Å². The van der Waals surface area contributed by atoms with Crippen molar-refractivity contribution in [3.05, 3.63) is 12.4 Å². The SMILES string of the molecule is C=C(N)NCCCC[C@H](CC(=O)CO[C@@H]1O[C@@H](CC)[C@H](O)[C@@H](O)[C@H]1O)C(=O)NCC[N+](C)(C(C)CCCCCCCCCCCCCC)C(C)CCCCCCCCCCCCCC. The Morgan fingerprint density at radius 2 is 1.06 bits per heavy atom. The van der Waals surface area contributed by atoms with Gasteiger partial charge in [-0.25, -0.2) is 0 Å². The molecule has 0 spiro atoms. The molecule has 1 saturated heterocycles. The van der Waals surface area contributed by atoms with Crippen LogP contribution in [0, 0.1) is 5.92 Å². The summed E-state index contributed by atoms with van der Waals surface area (Å²) in [5, 5.41) is 37.3. The minimum atomic E-state index is -1.49. The number of carbonyl (C=O) groups excluding carboxylic acids is 2. The predicted octanol–water partition coefficient (Wildman–Crippen LogP) is 10.5. The molecule has 7 N–H and O–H groups in total. The Balaban J connectivity index is 2.83. The molecule has 1 aliphatic heterocycles. The highest BCUT2D eigenvalue weighted by atomic mass is 16.7. The van der Waals surface area contributed by atoms with Gasteiger partial charge in [-0.05, 0) is 58.8 Å². The lowest BCUT2D eigenvalue weighted by Gasteiger charge is -2.45. The second kappa shape index (κ2) is 38.2. The summed E-state index contributed by atoms with van der Waals surface area (Å²) in [6.45, 7) is 16.5. The van der Waals surface area contributed by atoms with Gasteiger partial charge < -0.3 is 45.6 Å². The van der Waals surface area contributed by atoms with Crippen LogP contribution in [0.4, 0.5) is 0 Å². The fourth-order valence-electron chi connectivity index (χ4n) is 9.58. The number of hydrogen-bond acceptors (Lipinski definition) is 9. The van der Waals surface area contributed by atoms with Crippen molar-refractivity contribution in [2.45, 2.75) is 276 Å². The van der Waals surface area contributed by atoms with Crippen molar-refractivity contribution in [3.8, 4) is 0 Å². The number of rotatable bonds is 44. The molecule has 0 aromatic rings. The standard InChI is InChI=1S/C53H104N4O7/c1-8-11-13-15-17-19-21-23-25-27-29-31-35-43(4)57(7,44(5)36-32-30-28-26-24-22-20-18-16-14-12-9-2)40-39-56-52(62)46(37-33-34-38-55-45(6)54)41-47(58)42-63-53-51(61)50(60)49(59)48(10-3)64-53/h43-44,46,48-51,53,55,59-61H,6,8-42,54H2,1-5,7H3/p+1/t43?,44?,46-,48+,49+,50-,51-,53-,57?/m1/s1. The van der Waals surface area contributed by atoms with E-state index in [9.17, 15) is 24.9 Å². The lowest BCUT2D eigenvalue weighted by Crippen LogP contribution is -2.59. The van der Waals surface area contributed by atoms with Gasteiger partial charge in [0.15, 0.2) is 12.1 Å². The molecule has 0 saturated carbocycles. The zero-order valence-corrected chi connectivity index (χ0v) is 42.6. The number of aliphatic hydroxyl groups excluding tert-OH is 3. The van der Waals surface area contributed by atoms with E-state index in [0.717, 1.165) is 23.9 Å². The number of hydrogen-bond donors (Lipinski definition) is 6. The van der Waals surface area contributed by atoms with Crippen LogP contribution in [-0.4, -0.2) is 108 Å². The van der Waals surface area contributed by atoms with Crippen LogP contribution in [0.2, 0.25) is 0 Å². The number of carbonyl (C=O) groups is 2. The van der Waals surface area contributed by atoms with Gasteiger partial charge in [-0.3, -0.25) is 9.59 Å². The quantitative estimate of drug-likeness (QED) is 0.0258. The third kappa shape index (κ3) is 27.2. The fraction of sp³-hybridized carbons (Fsp3) is 0.925. The highest BCUT2D eigenvalue weighted by Gasteiger charge is 2.44. The van der Waals surface area contributed by atoms with Crippen LogP contribution < -0.4 is 16.4 Å². The van der Waals surface area contributed by atoms with Gasteiger partial charge in [-0.1, -0.05) is 175 Å². The van der Waals surface area contributed by atoms with E-state index in [1.165, 1.54) is 167 Å². The van der Waals surface area contributed by atoms with E-state index in [1.54, 1.807) is 6.92 Å². The van der Waals surface area contributed by atoms with E-state index in [4.69, 9.17) is 15.2 Å². The van der Waals surface area contributed by atoms with Gasteiger partial charge in [0.05, 0.1) is 44.1 Å². The molecule has 378 valence electrons. The summed E-state index contributed by atoms with van der Waals surface area (Å²) in [5.74, 6) is -0.553. The molecule has 1 heterocycles. The first-order valence-corrected chi connectivity index (χ1v) is 27.0. The van der Waals surface area contributed by atoms with Crippen molar-refractivity contribution in [2.24, 2.45) is 11.7 Å². The lowest BCUT2D eigenvalue weighted by molar-refractivity contribution is -0.952. The van der Waals surface area contributed by atoms with Crippen molar-refractivity contribution in [2.75, 3.05) is 33.3 Å². The number of ether oxygens (including phenoxy) is 2. The molecule has 2 unspecified atom stereocenters. The summed E-state index contributed by atoms with van der Waals surface area (Å²) >= 11 is 0. The third-order valence-corrected chi connectivity index (χ3v) is 14.5. The molecule has 1 aliphatic rings. The van der Waals surface area contributed by atoms with Crippen LogP contribution in [0.15, 0.2) is 12.4 Å². The molecular weight excluding hydrogens is 805 g/mol. The Hall–Kier alpha value is -1.76. The monoisotopic (exact) mass is 910 g/mol. The number of nitrogens with one attached hydrogen (secondary N) is 2. The Kier molecular flexibility index (Phi) is 36.0. The highest BCUT2D eigenvalue weighted by Crippen LogP contribution is 2.27. The van der Waals surface area contributed by atoms with Gasteiger partial charge in [-0.15, -0.1) is 0 Å². The first-order chi connectivity index (χ1) is 30.8. The van der Waals surface area contributed by atoms with Gasteiger partial charge in [0.1, 0.15) is 24.9 Å². The van der Waals surface area contributed by atoms with Gasteiger partial charge in [0, 0.05) is 18.9 Å². The number of likely N-dealkylation sites (N-methyl/N-ethyl adjacent to an activating group) is 1. The van der Waals surface area contributed by atoms with Crippen LogP contribution in [0.25, 0.3) is 0 Å². The van der Waals surface area contributed by atoms with Crippen LogP contribution >= 0.6 is 0 Å². The average Bonchev–Trinajstić information content (AvgIpc) is 3.27. The molecular formula is C53H105N4O7+. The first-order valence-electron chi connectivity index (χ1n) is 27.0. The van der Waals surface area contributed by atoms with Crippen molar-refractivity contribution in [1.29, 1.82) is 0 Å². The maximum Gasteiger partial charge on any atom is 0.223 e. The molecule has 0 aromatic heterocycles. The zero-order valence-electron chi connectivity index (χ0n) is 42.6. The second-order valence-corrected chi connectivity index (χ2v) is 20.0. The molecule has 0 bridgehead atoms. The number of nitrogens with two attached hydrogens (primary N) is 1. The molecule has 11 nitrogen and oxygen atoms in total. The van der Waals surface area contributed by atoms with E-state index in [2.05, 4.69) is 52.0 Å². The summed E-state index contributed by atoms with van der Waals surface area (Å²) in [7, 11) is 2.40. The summed E-state index contributed by atoms with van der Waals surface area (Å²) in [6, 6.07) is 0.937. The zero-order chi connectivity index (χ0) is 47.4. The first kappa shape index (κ1) is 60.3. The van der Waals surface area contributed by atoms with Gasteiger partial charge in [0.25, 0.3) is 0 Å². The molecule has 0 radical (unpaired) electrons. The number of unbranched alkanes of at least 4 members (excludes halogenated alkanes) is 23. The van der Waals surface area contributed by atoms with Crippen molar-refractivity contribution in [1.82, 2.24) is 10.6 Å². The fourth-order valence-corrected chi connectivity index (χ4v) is 9.58. The molecule has 0 aromatic carbocycles. The highest BCUT2D eigenvalue weighted by molar-refractivity contribution is 5.87. The van der Waals surface area contributed by atoms with Crippen LogP contribution in [0.1, 0.15) is 234 Å². The number of ketones is 1. The van der Waals surface area contributed by atoms with Crippen LogP contribution in [0.5, 0.6) is 0 Å². The summed E-state index contributed by atoms with van der Waals surface area (Å²) < 4.78 is 12.2. The topological polar surface area (TPSA) is 163 Å². The summed E-state index contributed by atoms with van der Waals surface area (Å²) in [6.07, 6.45) is 31.0. The molecule has 0 aliphatic carbocycles. The number of quaternary nitrogens is 1. The molecule has 1 amide bonds. The molecule has 64 heavy (non-hydrogen) atoms. The third-order valence-electron chi connectivity index (χ3n) is 14.5. The van der Waals surface area contributed by atoms with E-state index in [-0.39, 0.29) is 24.7 Å². The molecule has 1 rings (SSSR count). The number of Topliss-reactive ketones (excluding diaryl/α,β-unsaturated/α-hetero) is 1. The Bertz CT molecular complexity index is 1120. The Morgan fingerprint density at radius 1 is 0.625 bits per heavy atom. The Morgan fingerprint density at radius 3 is 1.50 bits per heavy atom. The average molecular weight is 910 g/mol. The maximum absolute atomic E-state index is 13.9. The number of nitrogens with zero attached hydrogens (tertiary/aromatic N) is 1. The second-order valence-electron chi connectivity index (χ2n) is 20.0. The van der Waals surface area contributed by atoms with E-state index in [1.807, 2.05) is 0 Å². The van der Waals surface area contributed by atoms with Crippen LogP contribution in [-0.2, 0) is 19.1 Å². The minimum Gasteiger partial charge on any atom is -0.388 e. The van der Waals surface area contributed by atoms with Gasteiger partial charge in [-0.2, -0.15) is 0 Å². The normalized spacial score (nSPS) is 21.2. The van der Waals surface area contributed by atoms with E-state index >= 15 is 0 Å². The number of amides is 1. The van der Waals surface area contributed by atoms with Gasteiger partial charge >= 0.3 is 0 Å². The molecule has 11 heteroatoms. The molecule has 8 atom stereocenters. The predicted molar refractivity (Wildman–Crippen MR) is 266 cm³/mol. The molecule has 1 fully saturated rings. The van der Waals surface area contributed by atoms with Crippen molar-refractivity contribution < 1.29 is 38.9 Å². The van der Waals surface area contributed by atoms with Crippen molar-refractivity contribution in [3.63, 3.8) is 0 Å². The maximum atomic E-state index is 13.9. The van der Waals surface area contributed by atoms with E-state index in [0.29, 0.717) is 43.8 Å². The van der Waals surface area contributed by atoms with Crippen LogP contribution in [0.3, 0.4) is 0 Å². The lowest BCUT2D eigenvalue weighted by atomic mass is 9.95. The van der Waals surface area contributed by atoms with Gasteiger partial charge in [0.2, 0.25) is 5.91 Å². The summed E-state index contributed by atoms with van der Waals surface area (Å²) in [5.41, 5.74) is 5.68. The smallest absolute Gasteiger partial charge is 0.223 e. The minimum absolute atomic E-state index is 0.00902. The van der Waals surface area contributed by atoms with Crippen molar-refractivity contribution >= 4 is 11.7 Å². The largest absolute Gasteiger partial charge is 0.388 e.